The molecule has 1 amide bonds. The van der Waals surface area contributed by atoms with Gasteiger partial charge >= 0.3 is 0 Å². The van der Waals surface area contributed by atoms with Crippen molar-refractivity contribution in [1.82, 2.24) is 9.80 Å². The first-order chi connectivity index (χ1) is 16.1. The first kappa shape index (κ1) is 23.1. The van der Waals surface area contributed by atoms with E-state index in [0.29, 0.717) is 49.9 Å². The van der Waals surface area contributed by atoms with E-state index in [4.69, 9.17) is 13.9 Å². The van der Waals surface area contributed by atoms with E-state index in [0.717, 1.165) is 26.1 Å². The number of hydrogen-bond acceptors (Lipinski definition) is 7. The van der Waals surface area contributed by atoms with Crippen LogP contribution >= 0.6 is 0 Å². The molecule has 0 bridgehead atoms. The van der Waals surface area contributed by atoms with Gasteiger partial charge in [-0.1, -0.05) is 6.92 Å². The van der Waals surface area contributed by atoms with Crippen LogP contribution in [0.3, 0.4) is 0 Å². The van der Waals surface area contributed by atoms with Gasteiger partial charge < -0.3 is 23.9 Å². The third-order valence-corrected chi connectivity index (χ3v) is 5.93. The molecule has 0 unspecified atom stereocenters. The highest BCUT2D eigenvalue weighted by Gasteiger charge is 2.47. The summed E-state index contributed by atoms with van der Waals surface area (Å²) < 4.78 is 16.6. The van der Waals surface area contributed by atoms with Crippen molar-refractivity contribution in [2.75, 3.05) is 46.0 Å². The number of hydrogen-bond donors (Lipinski definition) is 1. The minimum absolute atomic E-state index is 0.0450. The normalized spacial score (nSPS) is 21.0. The molecule has 176 valence electrons. The van der Waals surface area contributed by atoms with Crippen LogP contribution in [-0.2, 0) is 14.3 Å². The molecule has 1 aromatic carbocycles. The van der Waals surface area contributed by atoms with Crippen molar-refractivity contribution >= 4 is 17.4 Å². The van der Waals surface area contributed by atoms with Crippen LogP contribution in [0.1, 0.15) is 37.1 Å². The molecule has 2 aliphatic rings. The van der Waals surface area contributed by atoms with Gasteiger partial charge in [-0.15, -0.1) is 0 Å². The largest absolute Gasteiger partial charge is 0.507 e. The van der Waals surface area contributed by atoms with Crippen LogP contribution in [0.2, 0.25) is 0 Å². The highest BCUT2D eigenvalue weighted by atomic mass is 16.5. The monoisotopic (exact) mass is 454 g/mol. The minimum atomic E-state index is -0.763. The zero-order valence-corrected chi connectivity index (χ0v) is 18.9. The van der Waals surface area contributed by atoms with E-state index >= 15 is 0 Å². The Morgan fingerprint density at radius 1 is 1.12 bits per heavy atom. The summed E-state index contributed by atoms with van der Waals surface area (Å²) in [5.41, 5.74) is 0.491. The molecule has 2 fully saturated rings. The molecular weight excluding hydrogens is 424 g/mol. The number of aliphatic hydroxyl groups is 1. The third-order valence-electron chi connectivity index (χ3n) is 5.93. The molecule has 1 aromatic heterocycles. The van der Waals surface area contributed by atoms with E-state index in [1.54, 1.807) is 36.4 Å². The number of nitrogens with zero attached hydrogens (tertiary/aromatic N) is 2. The van der Waals surface area contributed by atoms with Crippen LogP contribution in [0.25, 0.3) is 5.76 Å². The molecule has 0 saturated carbocycles. The van der Waals surface area contributed by atoms with Gasteiger partial charge in [0.2, 0.25) is 0 Å². The molecule has 2 saturated heterocycles. The van der Waals surface area contributed by atoms with Gasteiger partial charge in [-0.2, -0.15) is 0 Å². The summed E-state index contributed by atoms with van der Waals surface area (Å²) in [5, 5.41) is 11.1. The zero-order chi connectivity index (χ0) is 23.2. The quantitative estimate of drug-likeness (QED) is 0.353. The summed E-state index contributed by atoms with van der Waals surface area (Å²) in [5.74, 6) is -0.411. The number of furan rings is 1. The molecule has 3 heterocycles. The second-order valence-corrected chi connectivity index (χ2v) is 8.19. The van der Waals surface area contributed by atoms with Gasteiger partial charge in [0.25, 0.3) is 11.7 Å². The Morgan fingerprint density at radius 3 is 2.55 bits per heavy atom. The Balaban J connectivity index is 1.58. The van der Waals surface area contributed by atoms with Gasteiger partial charge in [0.1, 0.15) is 23.3 Å². The molecule has 8 heteroatoms. The molecule has 0 spiro atoms. The average molecular weight is 455 g/mol. The van der Waals surface area contributed by atoms with E-state index in [9.17, 15) is 14.7 Å². The van der Waals surface area contributed by atoms with Gasteiger partial charge in [-0.3, -0.25) is 14.5 Å². The van der Waals surface area contributed by atoms with Gasteiger partial charge in [-0.25, -0.2) is 0 Å². The molecule has 2 aromatic rings. The van der Waals surface area contributed by atoms with Gasteiger partial charge in [0.15, 0.2) is 0 Å². The lowest BCUT2D eigenvalue weighted by molar-refractivity contribution is -0.140. The standard InChI is InChI=1S/C25H30N2O6/c1-2-14-32-19-8-6-18(7-9-19)23(28)21-22(20-5-3-15-33-20)27(25(30)24(21)29)11-4-10-26-12-16-31-17-13-26/h3,5-9,15,22,28H,2,4,10-14,16-17H2,1H3/b23-21+/t22-/m0/s1. The fourth-order valence-corrected chi connectivity index (χ4v) is 4.23. The Hall–Kier alpha value is -3.10. The Labute approximate surface area is 193 Å². The summed E-state index contributed by atoms with van der Waals surface area (Å²) in [6.45, 7) is 6.94. The Kier molecular flexibility index (Phi) is 7.47. The van der Waals surface area contributed by atoms with E-state index in [2.05, 4.69) is 4.90 Å². The molecule has 8 nitrogen and oxygen atoms in total. The lowest BCUT2D eigenvalue weighted by Crippen LogP contribution is -2.38. The van der Waals surface area contributed by atoms with Crippen molar-refractivity contribution < 1.29 is 28.6 Å². The van der Waals surface area contributed by atoms with E-state index in [-0.39, 0.29) is 11.3 Å². The SMILES string of the molecule is CCCOc1ccc(/C(O)=C2\C(=O)C(=O)N(CCCN3CCOCC3)[C@H]2c2ccco2)cc1. The lowest BCUT2D eigenvalue weighted by atomic mass is 9.99. The summed E-state index contributed by atoms with van der Waals surface area (Å²) in [7, 11) is 0. The fraction of sp³-hybridized carbons (Fsp3) is 0.440. The Morgan fingerprint density at radius 2 is 1.88 bits per heavy atom. The highest BCUT2D eigenvalue weighted by Crippen LogP contribution is 2.39. The van der Waals surface area contributed by atoms with Gasteiger partial charge in [0.05, 0.1) is 31.7 Å². The van der Waals surface area contributed by atoms with Crippen LogP contribution in [-0.4, -0.2) is 72.6 Å². The lowest BCUT2D eigenvalue weighted by Gasteiger charge is -2.28. The maximum Gasteiger partial charge on any atom is 0.295 e. The molecule has 1 N–H and O–H groups in total. The maximum atomic E-state index is 13.0. The van der Waals surface area contributed by atoms with Crippen LogP contribution in [0, 0.1) is 0 Å². The second kappa shape index (κ2) is 10.7. The molecular formula is C25H30N2O6. The number of ether oxygens (including phenoxy) is 2. The van der Waals surface area contributed by atoms with Gasteiger partial charge in [-0.05, 0) is 49.2 Å². The van der Waals surface area contributed by atoms with Crippen LogP contribution < -0.4 is 4.74 Å². The maximum absolute atomic E-state index is 13.0. The number of rotatable bonds is 9. The summed E-state index contributed by atoms with van der Waals surface area (Å²) in [6.07, 6.45) is 3.09. The fourth-order valence-electron chi connectivity index (χ4n) is 4.23. The predicted octanol–water partition coefficient (Wildman–Crippen LogP) is 3.21. The molecule has 33 heavy (non-hydrogen) atoms. The number of ketones is 1. The molecule has 4 rings (SSSR count). The zero-order valence-electron chi connectivity index (χ0n) is 18.9. The van der Waals surface area contributed by atoms with E-state index in [1.165, 1.54) is 11.2 Å². The smallest absolute Gasteiger partial charge is 0.295 e. The highest BCUT2D eigenvalue weighted by molar-refractivity contribution is 6.46. The van der Waals surface area contributed by atoms with Crippen molar-refractivity contribution in [2.45, 2.75) is 25.8 Å². The summed E-state index contributed by atoms with van der Waals surface area (Å²) in [4.78, 5) is 29.7. The minimum Gasteiger partial charge on any atom is -0.507 e. The van der Waals surface area contributed by atoms with Crippen molar-refractivity contribution in [3.63, 3.8) is 0 Å². The molecule has 0 aliphatic carbocycles. The van der Waals surface area contributed by atoms with Crippen molar-refractivity contribution in [3.05, 3.63) is 59.6 Å². The molecule has 0 radical (unpaired) electrons. The number of amides is 1. The van der Waals surface area contributed by atoms with Crippen molar-refractivity contribution in [3.8, 4) is 5.75 Å². The number of benzene rings is 1. The molecule has 2 aliphatic heterocycles. The number of aliphatic hydroxyl groups excluding tert-OH is 1. The van der Waals surface area contributed by atoms with E-state index in [1.807, 2.05) is 6.92 Å². The van der Waals surface area contributed by atoms with Crippen LogP contribution in [0.15, 0.2) is 52.7 Å². The number of carbonyl (C=O) groups excluding carboxylic acids is 2. The number of Topliss-reactive ketones (excluding diaryl/α,β-unsaturated/α-hetero) is 1. The first-order valence-corrected chi connectivity index (χ1v) is 11.4. The van der Waals surface area contributed by atoms with Gasteiger partial charge in [0, 0.05) is 31.7 Å². The topological polar surface area (TPSA) is 92.5 Å². The van der Waals surface area contributed by atoms with Crippen LogP contribution in [0.5, 0.6) is 5.75 Å². The first-order valence-electron chi connectivity index (χ1n) is 11.4. The van der Waals surface area contributed by atoms with E-state index < -0.39 is 17.7 Å². The van der Waals surface area contributed by atoms with Crippen LogP contribution in [0.4, 0.5) is 0 Å². The van der Waals surface area contributed by atoms with Crippen molar-refractivity contribution in [1.29, 1.82) is 0 Å². The predicted molar refractivity (Wildman–Crippen MR) is 122 cm³/mol. The summed E-state index contributed by atoms with van der Waals surface area (Å²) >= 11 is 0. The average Bonchev–Trinajstić information content (AvgIpc) is 3.46. The molecule has 1 atom stereocenters. The second-order valence-electron chi connectivity index (χ2n) is 8.19. The van der Waals surface area contributed by atoms with Crippen molar-refractivity contribution in [2.24, 2.45) is 0 Å². The third kappa shape index (κ3) is 5.12. The number of likely N-dealkylation sites (tertiary alicyclic amines) is 1. The number of carbonyl (C=O) groups is 2. The summed E-state index contributed by atoms with van der Waals surface area (Å²) in [6, 6.07) is 9.52. The Bertz CT molecular complexity index is 977. The number of morpholine rings is 1.